The van der Waals surface area contributed by atoms with E-state index in [2.05, 4.69) is 11.8 Å². The minimum Gasteiger partial charge on any atom is -0.497 e. The molecule has 1 heterocycles. The smallest absolute Gasteiger partial charge is 0.179 e. The molecule has 0 N–H and O–H groups in total. The van der Waals surface area contributed by atoms with Crippen LogP contribution in [0.15, 0.2) is 24.3 Å². The lowest BCUT2D eigenvalue weighted by Gasteiger charge is -2.40. The zero-order chi connectivity index (χ0) is 14.7. The third kappa shape index (κ3) is 3.19. The van der Waals surface area contributed by atoms with Crippen LogP contribution in [0.25, 0.3) is 0 Å². The van der Waals surface area contributed by atoms with Gasteiger partial charge in [0, 0.05) is 18.2 Å². The normalized spacial score (nSPS) is 25.2. The molecule has 2 rings (SSSR count). The predicted octanol–water partition coefficient (Wildman–Crippen LogP) is 2.38. The molecule has 1 aromatic carbocycles. The fourth-order valence-electron chi connectivity index (χ4n) is 2.62. The molecule has 0 saturated carbocycles. The van der Waals surface area contributed by atoms with Gasteiger partial charge in [0.2, 0.25) is 0 Å². The largest absolute Gasteiger partial charge is 0.497 e. The molecule has 0 aliphatic carbocycles. The number of Topliss-reactive ketones (excluding diaryl/α,β-unsaturated/α-hetero) is 1. The Bertz CT molecular complexity index is 457. The van der Waals surface area contributed by atoms with E-state index in [4.69, 9.17) is 9.47 Å². The first kappa shape index (κ1) is 15.0. The molecule has 0 amide bonds. The van der Waals surface area contributed by atoms with Crippen molar-refractivity contribution in [2.24, 2.45) is 0 Å². The van der Waals surface area contributed by atoms with E-state index >= 15 is 0 Å². The molecule has 1 aliphatic heterocycles. The molecule has 1 fully saturated rings. The molecule has 20 heavy (non-hydrogen) atoms. The topological polar surface area (TPSA) is 38.8 Å². The number of benzene rings is 1. The molecule has 3 unspecified atom stereocenters. The van der Waals surface area contributed by atoms with Gasteiger partial charge in [-0.3, -0.25) is 9.69 Å². The maximum Gasteiger partial charge on any atom is 0.179 e. The number of ether oxygens (including phenoxy) is 2. The highest BCUT2D eigenvalue weighted by molar-refractivity contribution is 6.00. The van der Waals surface area contributed by atoms with Crippen molar-refractivity contribution in [3.63, 3.8) is 0 Å². The van der Waals surface area contributed by atoms with Gasteiger partial charge >= 0.3 is 0 Å². The number of carbonyl (C=O) groups excluding carboxylic acids is 1. The lowest BCUT2D eigenvalue weighted by atomic mass is 10.0. The van der Waals surface area contributed by atoms with E-state index in [1.807, 2.05) is 38.1 Å². The van der Waals surface area contributed by atoms with Gasteiger partial charge in [0.1, 0.15) is 5.75 Å². The summed E-state index contributed by atoms with van der Waals surface area (Å²) in [6, 6.07) is 7.43. The zero-order valence-electron chi connectivity index (χ0n) is 12.6. The van der Waals surface area contributed by atoms with Crippen LogP contribution in [0.5, 0.6) is 5.75 Å². The first-order valence-electron chi connectivity index (χ1n) is 7.08. The van der Waals surface area contributed by atoms with Gasteiger partial charge in [0.25, 0.3) is 0 Å². The Hall–Kier alpha value is -1.39. The van der Waals surface area contributed by atoms with Gasteiger partial charge in [-0.1, -0.05) is 0 Å². The molecule has 0 aromatic heterocycles. The minimum absolute atomic E-state index is 0.134. The lowest BCUT2D eigenvalue weighted by molar-refractivity contribution is -0.0585. The highest BCUT2D eigenvalue weighted by Gasteiger charge is 2.31. The maximum atomic E-state index is 12.6. The van der Waals surface area contributed by atoms with Crippen LogP contribution >= 0.6 is 0 Å². The fourth-order valence-corrected chi connectivity index (χ4v) is 2.62. The van der Waals surface area contributed by atoms with Crippen LogP contribution in [0.4, 0.5) is 0 Å². The van der Waals surface area contributed by atoms with Crippen LogP contribution in [0.3, 0.4) is 0 Å². The molecule has 4 nitrogen and oxygen atoms in total. The standard InChI is InChI=1S/C16H23NO3/c1-11-10-20-12(2)9-17(11)13(3)16(18)14-5-7-15(19-4)8-6-14/h5-8,11-13H,9-10H2,1-4H3. The second-order valence-corrected chi connectivity index (χ2v) is 5.46. The van der Waals surface area contributed by atoms with E-state index in [0.717, 1.165) is 17.9 Å². The van der Waals surface area contributed by atoms with Gasteiger partial charge in [-0.15, -0.1) is 0 Å². The van der Waals surface area contributed by atoms with E-state index < -0.39 is 0 Å². The first-order chi connectivity index (χ1) is 9.52. The predicted molar refractivity (Wildman–Crippen MR) is 78.4 cm³/mol. The zero-order valence-corrected chi connectivity index (χ0v) is 12.6. The van der Waals surface area contributed by atoms with E-state index in [-0.39, 0.29) is 24.0 Å². The van der Waals surface area contributed by atoms with Gasteiger partial charge in [0.05, 0.1) is 25.9 Å². The Morgan fingerprint density at radius 3 is 2.60 bits per heavy atom. The average Bonchev–Trinajstić information content (AvgIpc) is 2.48. The third-order valence-electron chi connectivity index (χ3n) is 3.91. The summed E-state index contributed by atoms with van der Waals surface area (Å²) in [6.07, 6.45) is 0.178. The molecule has 0 spiro atoms. The van der Waals surface area contributed by atoms with Crippen molar-refractivity contribution in [1.29, 1.82) is 0 Å². The SMILES string of the molecule is COc1ccc(C(=O)C(C)N2CC(C)OCC2C)cc1. The van der Waals surface area contributed by atoms with Crippen molar-refractivity contribution < 1.29 is 14.3 Å². The fraction of sp³-hybridized carbons (Fsp3) is 0.562. The van der Waals surface area contributed by atoms with Crippen LogP contribution in [-0.4, -0.2) is 49.1 Å². The molecule has 1 aliphatic rings. The Morgan fingerprint density at radius 2 is 2.00 bits per heavy atom. The minimum atomic E-state index is -0.134. The van der Waals surface area contributed by atoms with E-state index in [1.165, 1.54) is 0 Å². The Kier molecular flexibility index (Phi) is 4.78. The van der Waals surface area contributed by atoms with Crippen molar-refractivity contribution in [1.82, 2.24) is 4.90 Å². The number of nitrogens with zero attached hydrogens (tertiary/aromatic N) is 1. The summed E-state index contributed by atoms with van der Waals surface area (Å²) >= 11 is 0. The Balaban J connectivity index is 2.10. The Labute approximate surface area is 120 Å². The first-order valence-corrected chi connectivity index (χ1v) is 7.08. The van der Waals surface area contributed by atoms with E-state index in [0.29, 0.717) is 6.61 Å². The molecule has 1 aromatic rings. The quantitative estimate of drug-likeness (QED) is 0.792. The van der Waals surface area contributed by atoms with Gasteiger partial charge in [-0.2, -0.15) is 0 Å². The van der Waals surface area contributed by atoms with Crippen molar-refractivity contribution in [2.75, 3.05) is 20.3 Å². The highest BCUT2D eigenvalue weighted by Crippen LogP contribution is 2.19. The van der Waals surface area contributed by atoms with Crippen molar-refractivity contribution >= 4 is 5.78 Å². The molecular formula is C16H23NO3. The van der Waals surface area contributed by atoms with Crippen LogP contribution in [0, 0.1) is 0 Å². The summed E-state index contributed by atoms with van der Waals surface area (Å²) in [5.74, 6) is 0.913. The van der Waals surface area contributed by atoms with Crippen molar-refractivity contribution in [2.45, 2.75) is 39.0 Å². The van der Waals surface area contributed by atoms with Crippen molar-refractivity contribution in [3.8, 4) is 5.75 Å². The summed E-state index contributed by atoms with van der Waals surface area (Å²) in [6.45, 7) is 7.60. The second-order valence-electron chi connectivity index (χ2n) is 5.46. The van der Waals surface area contributed by atoms with Crippen molar-refractivity contribution in [3.05, 3.63) is 29.8 Å². The summed E-state index contributed by atoms with van der Waals surface area (Å²) in [7, 11) is 1.62. The van der Waals surface area contributed by atoms with Crippen LogP contribution in [0.2, 0.25) is 0 Å². The third-order valence-corrected chi connectivity index (χ3v) is 3.91. The summed E-state index contributed by atoms with van der Waals surface area (Å²) in [5, 5.41) is 0. The van der Waals surface area contributed by atoms with Crippen LogP contribution in [0.1, 0.15) is 31.1 Å². The molecular weight excluding hydrogens is 254 g/mol. The number of hydrogen-bond donors (Lipinski definition) is 0. The van der Waals surface area contributed by atoms with Gasteiger partial charge in [-0.25, -0.2) is 0 Å². The van der Waals surface area contributed by atoms with Gasteiger partial charge < -0.3 is 9.47 Å². The van der Waals surface area contributed by atoms with Crippen LogP contribution < -0.4 is 4.74 Å². The maximum absolute atomic E-state index is 12.6. The van der Waals surface area contributed by atoms with E-state index in [9.17, 15) is 4.79 Å². The number of methoxy groups -OCH3 is 1. The second kappa shape index (κ2) is 6.37. The molecule has 1 saturated heterocycles. The Morgan fingerprint density at radius 1 is 1.35 bits per heavy atom. The molecule has 0 bridgehead atoms. The summed E-state index contributed by atoms with van der Waals surface area (Å²) in [4.78, 5) is 14.8. The number of rotatable bonds is 4. The average molecular weight is 277 g/mol. The number of carbonyl (C=O) groups is 1. The lowest BCUT2D eigenvalue weighted by Crippen LogP contribution is -2.53. The van der Waals surface area contributed by atoms with Gasteiger partial charge in [-0.05, 0) is 45.0 Å². The van der Waals surface area contributed by atoms with Crippen LogP contribution in [-0.2, 0) is 4.74 Å². The molecule has 0 radical (unpaired) electrons. The summed E-state index contributed by atoms with van der Waals surface area (Å²) in [5.41, 5.74) is 0.727. The molecule has 110 valence electrons. The highest BCUT2D eigenvalue weighted by atomic mass is 16.5. The molecule has 4 heteroatoms. The van der Waals surface area contributed by atoms with Gasteiger partial charge in [0.15, 0.2) is 5.78 Å². The summed E-state index contributed by atoms with van der Waals surface area (Å²) < 4.78 is 10.7. The molecule has 3 atom stereocenters. The van der Waals surface area contributed by atoms with E-state index in [1.54, 1.807) is 7.11 Å². The number of ketones is 1. The monoisotopic (exact) mass is 277 g/mol. The number of morpholine rings is 1. The number of hydrogen-bond acceptors (Lipinski definition) is 4.